The number of halogens is 2. The Morgan fingerprint density at radius 2 is 2.10 bits per heavy atom. The van der Waals surface area contributed by atoms with Crippen molar-refractivity contribution in [3.63, 3.8) is 0 Å². The summed E-state index contributed by atoms with van der Waals surface area (Å²) in [7, 11) is 1.18. The number of ether oxygens (including phenoxy) is 1. The van der Waals surface area contributed by atoms with E-state index in [1.165, 1.54) is 13.2 Å². The van der Waals surface area contributed by atoms with Crippen molar-refractivity contribution in [3.05, 3.63) is 34.1 Å². The van der Waals surface area contributed by atoms with Crippen LogP contribution in [0.25, 0.3) is 0 Å². The molecule has 0 heterocycles. The maximum absolute atomic E-state index is 13.1. The molecule has 8 heteroatoms. The largest absolute Gasteiger partial charge is 0.480 e. The Morgan fingerprint density at radius 3 is 2.67 bits per heavy atom. The lowest BCUT2D eigenvalue weighted by Gasteiger charge is -2.14. The van der Waals surface area contributed by atoms with Gasteiger partial charge in [-0.05, 0) is 40.5 Å². The summed E-state index contributed by atoms with van der Waals surface area (Å²) in [6, 6.07) is 2.21. The van der Waals surface area contributed by atoms with Crippen LogP contribution in [-0.4, -0.2) is 36.1 Å². The Kier molecular flexibility index (Phi) is 6.29. The molecule has 0 fully saturated rings. The van der Waals surface area contributed by atoms with Gasteiger partial charge in [-0.3, -0.25) is 9.59 Å². The third kappa shape index (κ3) is 5.14. The number of carboxylic acids is 1. The summed E-state index contributed by atoms with van der Waals surface area (Å²) in [5, 5.41) is 11.3. The molecule has 1 rings (SSSR count). The molecule has 21 heavy (non-hydrogen) atoms. The third-order valence-corrected chi connectivity index (χ3v) is 3.33. The highest BCUT2D eigenvalue weighted by Gasteiger charge is 2.23. The fraction of sp³-hybridized carbons (Fsp3) is 0.308. The number of methoxy groups -OCH3 is 1. The molecular weight excluding hydrogens is 349 g/mol. The summed E-state index contributed by atoms with van der Waals surface area (Å²) in [5.41, 5.74) is -0.0284. The van der Waals surface area contributed by atoms with Gasteiger partial charge in [0.15, 0.2) is 0 Å². The minimum absolute atomic E-state index is 0.0284. The lowest BCUT2D eigenvalue weighted by atomic mass is 10.1. The van der Waals surface area contributed by atoms with Gasteiger partial charge in [0.1, 0.15) is 11.9 Å². The molecular formula is C13H13BrFNO5. The van der Waals surface area contributed by atoms with Crippen molar-refractivity contribution in [1.29, 1.82) is 0 Å². The van der Waals surface area contributed by atoms with Crippen molar-refractivity contribution in [2.45, 2.75) is 18.9 Å². The number of carbonyl (C=O) groups is 3. The predicted molar refractivity (Wildman–Crippen MR) is 74.2 cm³/mol. The number of aliphatic carboxylic acids is 1. The zero-order valence-electron chi connectivity index (χ0n) is 11.1. The van der Waals surface area contributed by atoms with Gasteiger partial charge in [0.2, 0.25) is 0 Å². The minimum Gasteiger partial charge on any atom is -0.480 e. The van der Waals surface area contributed by atoms with Gasteiger partial charge in [0.05, 0.1) is 12.7 Å². The number of hydrogen-bond acceptors (Lipinski definition) is 4. The zero-order valence-corrected chi connectivity index (χ0v) is 12.6. The Bertz CT molecular complexity index is 563. The van der Waals surface area contributed by atoms with Crippen LogP contribution in [0.5, 0.6) is 0 Å². The first kappa shape index (κ1) is 17.1. The van der Waals surface area contributed by atoms with Crippen LogP contribution >= 0.6 is 15.9 Å². The summed E-state index contributed by atoms with van der Waals surface area (Å²) in [5.74, 6) is -3.24. The molecule has 0 radical (unpaired) electrons. The van der Waals surface area contributed by atoms with E-state index in [4.69, 9.17) is 5.11 Å². The molecule has 0 saturated carbocycles. The van der Waals surface area contributed by atoms with E-state index in [9.17, 15) is 18.8 Å². The predicted octanol–water partition coefficient (Wildman–Crippen LogP) is 1.72. The molecule has 1 aromatic carbocycles. The first-order chi connectivity index (χ1) is 9.85. The second-order valence-electron chi connectivity index (χ2n) is 4.10. The van der Waals surface area contributed by atoms with Crippen molar-refractivity contribution in [1.82, 2.24) is 5.32 Å². The van der Waals surface area contributed by atoms with Crippen LogP contribution in [0.3, 0.4) is 0 Å². The molecule has 0 bridgehead atoms. The number of carboxylic acid groups (broad SMARTS) is 1. The van der Waals surface area contributed by atoms with Gasteiger partial charge in [0, 0.05) is 10.9 Å². The Labute approximate surface area is 128 Å². The fourth-order valence-corrected chi connectivity index (χ4v) is 1.96. The van der Waals surface area contributed by atoms with Crippen molar-refractivity contribution >= 4 is 33.8 Å². The number of benzene rings is 1. The number of esters is 1. The van der Waals surface area contributed by atoms with E-state index in [1.807, 2.05) is 0 Å². The van der Waals surface area contributed by atoms with E-state index < -0.39 is 29.7 Å². The number of hydrogen-bond donors (Lipinski definition) is 2. The molecule has 0 unspecified atom stereocenters. The molecule has 0 spiro atoms. The first-order valence-electron chi connectivity index (χ1n) is 5.90. The molecule has 0 aromatic heterocycles. The molecule has 1 aromatic rings. The van der Waals surface area contributed by atoms with Gasteiger partial charge in [-0.1, -0.05) is 0 Å². The van der Waals surface area contributed by atoms with E-state index in [0.717, 1.165) is 12.1 Å². The van der Waals surface area contributed by atoms with E-state index >= 15 is 0 Å². The Hall–Kier alpha value is -1.96. The van der Waals surface area contributed by atoms with E-state index in [-0.39, 0.29) is 18.4 Å². The van der Waals surface area contributed by atoms with Crippen LogP contribution in [0, 0.1) is 5.82 Å². The van der Waals surface area contributed by atoms with E-state index in [1.54, 1.807) is 0 Å². The van der Waals surface area contributed by atoms with E-state index in [2.05, 4.69) is 26.0 Å². The zero-order chi connectivity index (χ0) is 16.0. The topological polar surface area (TPSA) is 92.7 Å². The summed E-state index contributed by atoms with van der Waals surface area (Å²) >= 11 is 3.08. The quantitative estimate of drug-likeness (QED) is 0.752. The molecule has 0 aliphatic rings. The second kappa shape index (κ2) is 7.72. The average Bonchev–Trinajstić information content (AvgIpc) is 2.44. The summed E-state index contributed by atoms with van der Waals surface area (Å²) < 4.78 is 17.9. The van der Waals surface area contributed by atoms with Gasteiger partial charge >= 0.3 is 11.9 Å². The molecule has 0 aliphatic carbocycles. The highest BCUT2D eigenvalue weighted by Crippen LogP contribution is 2.18. The first-order valence-corrected chi connectivity index (χ1v) is 6.70. The molecule has 114 valence electrons. The molecule has 1 amide bonds. The van der Waals surface area contributed by atoms with Crippen LogP contribution in [-0.2, 0) is 14.3 Å². The molecule has 0 saturated heterocycles. The lowest BCUT2D eigenvalue weighted by Crippen LogP contribution is -2.41. The number of nitrogens with one attached hydrogen (secondary N) is 1. The van der Waals surface area contributed by atoms with Gasteiger partial charge in [-0.15, -0.1) is 0 Å². The van der Waals surface area contributed by atoms with Crippen molar-refractivity contribution in [2.24, 2.45) is 0 Å². The van der Waals surface area contributed by atoms with Gasteiger partial charge in [0.25, 0.3) is 5.91 Å². The molecule has 0 aliphatic heterocycles. The average molecular weight is 362 g/mol. The summed E-state index contributed by atoms with van der Waals surface area (Å²) in [6.45, 7) is 0. The Morgan fingerprint density at radius 1 is 1.43 bits per heavy atom. The van der Waals surface area contributed by atoms with Gasteiger partial charge in [-0.2, -0.15) is 0 Å². The fourth-order valence-electron chi connectivity index (χ4n) is 1.53. The maximum Gasteiger partial charge on any atom is 0.326 e. The summed E-state index contributed by atoms with van der Waals surface area (Å²) in [4.78, 5) is 34.0. The highest BCUT2D eigenvalue weighted by atomic mass is 79.9. The van der Waals surface area contributed by atoms with Crippen molar-refractivity contribution < 1.29 is 28.6 Å². The monoisotopic (exact) mass is 361 g/mol. The van der Waals surface area contributed by atoms with Gasteiger partial charge < -0.3 is 15.2 Å². The van der Waals surface area contributed by atoms with E-state index in [0.29, 0.717) is 4.47 Å². The molecule has 1 atom stereocenters. The van der Waals surface area contributed by atoms with Gasteiger partial charge in [-0.25, -0.2) is 9.18 Å². The van der Waals surface area contributed by atoms with Crippen LogP contribution in [0.15, 0.2) is 22.7 Å². The number of rotatable bonds is 6. The van der Waals surface area contributed by atoms with Crippen LogP contribution < -0.4 is 5.32 Å². The number of amides is 1. The smallest absolute Gasteiger partial charge is 0.326 e. The lowest BCUT2D eigenvalue weighted by molar-refractivity contribution is -0.142. The highest BCUT2D eigenvalue weighted by molar-refractivity contribution is 9.10. The molecule has 2 N–H and O–H groups in total. The van der Waals surface area contributed by atoms with Crippen LogP contribution in [0.1, 0.15) is 23.2 Å². The van der Waals surface area contributed by atoms with Crippen LogP contribution in [0.2, 0.25) is 0 Å². The summed E-state index contributed by atoms with van der Waals surface area (Å²) in [6.07, 6.45) is -0.279. The molecule has 6 nitrogen and oxygen atoms in total. The van der Waals surface area contributed by atoms with Crippen molar-refractivity contribution in [3.8, 4) is 0 Å². The Balaban J connectivity index is 2.79. The minimum atomic E-state index is -1.29. The van der Waals surface area contributed by atoms with Crippen LogP contribution in [0.4, 0.5) is 4.39 Å². The normalized spacial score (nSPS) is 11.6. The maximum atomic E-state index is 13.1. The SMILES string of the molecule is COC(=O)CC[C@@H](NC(=O)c1cc(F)ccc1Br)C(=O)O. The third-order valence-electron chi connectivity index (χ3n) is 2.64. The second-order valence-corrected chi connectivity index (χ2v) is 4.96. The standard InChI is InChI=1S/C13H13BrFNO5/c1-21-11(17)5-4-10(13(19)20)16-12(18)8-6-7(15)2-3-9(8)14/h2-3,6,10H,4-5H2,1H3,(H,16,18)(H,19,20)/t10-/m1/s1. The number of carbonyl (C=O) groups excluding carboxylic acids is 2. The van der Waals surface area contributed by atoms with Crippen molar-refractivity contribution in [2.75, 3.05) is 7.11 Å².